The van der Waals surface area contributed by atoms with Crippen molar-refractivity contribution in [2.45, 2.75) is 32.4 Å². The van der Waals surface area contributed by atoms with Crippen LogP contribution in [0.25, 0.3) is 10.2 Å². The minimum Gasteiger partial charge on any atom is -0.481 e. The van der Waals surface area contributed by atoms with Crippen molar-refractivity contribution < 1.29 is 27.9 Å². The van der Waals surface area contributed by atoms with Crippen molar-refractivity contribution in [3.63, 3.8) is 0 Å². The van der Waals surface area contributed by atoms with E-state index in [1.165, 1.54) is 16.2 Å². The van der Waals surface area contributed by atoms with Gasteiger partial charge in [0.2, 0.25) is 11.9 Å². The number of nitrogens with one attached hydrogen (secondary N) is 1. The van der Waals surface area contributed by atoms with Crippen molar-refractivity contribution >= 4 is 45.2 Å². The zero-order chi connectivity index (χ0) is 21.9. The number of hydrogen-bond acceptors (Lipinski definition) is 7. The summed E-state index contributed by atoms with van der Waals surface area (Å²) < 4.78 is 37.5. The highest BCUT2D eigenvalue weighted by Crippen LogP contribution is 2.33. The summed E-state index contributed by atoms with van der Waals surface area (Å²) in [4.78, 5) is 36.6. The highest BCUT2D eigenvalue weighted by atomic mass is 32.1. The lowest BCUT2D eigenvalue weighted by Gasteiger charge is -2.36. The molecule has 2 N–H and O–H groups in total. The number of rotatable bonds is 7. The molecule has 2 aromatic heterocycles. The van der Waals surface area contributed by atoms with Gasteiger partial charge in [0, 0.05) is 37.6 Å². The average molecular weight is 445 g/mol. The van der Waals surface area contributed by atoms with Crippen LogP contribution in [-0.2, 0) is 16.0 Å². The first-order valence-corrected chi connectivity index (χ1v) is 10.3. The normalized spacial score (nSPS) is 14.9. The third-order valence-corrected chi connectivity index (χ3v) is 5.85. The second-order valence-corrected chi connectivity index (χ2v) is 8.00. The van der Waals surface area contributed by atoms with E-state index in [2.05, 4.69) is 15.3 Å². The second-order valence-electron chi connectivity index (χ2n) is 6.89. The van der Waals surface area contributed by atoms with Crippen molar-refractivity contribution in [3.05, 3.63) is 10.9 Å². The molecule has 30 heavy (non-hydrogen) atoms. The lowest BCUT2D eigenvalue weighted by Crippen LogP contribution is -2.49. The van der Waals surface area contributed by atoms with E-state index in [9.17, 15) is 22.8 Å². The van der Waals surface area contributed by atoms with E-state index in [1.807, 2.05) is 17.9 Å². The molecule has 1 aliphatic rings. The van der Waals surface area contributed by atoms with Gasteiger partial charge in [-0.1, -0.05) is 6.92 Å². The van der Waals surface area contributed by atoms with E-state index in [0.717, 1.165) is 21.5 Å². The number of halogens is 3. The van der Waals surface area contributed by atoms with Crippen LogP contribution >= 0.6 is 11.3 Å². The molecular formula is C18H22F3N5O3S. The Hall–Kier alpha value is -2.63. The van der Waals surface area contributed by atoms with Crippen molar-refractivity contribution in [1.82, 2.24) is 14.9 Å². The Bertz CT molecular complexity index is 926. The molecule has 0 aliphatic carbocycles. The van der Waals surface area contributed by atoms with E-state index in [4.69, 9.17) is 5.11 Å². The number of anilines is 2. The van der Waals surface area contributed by atoms with Crippen molar-refractivity contribution in [1.29, 1.82) is 0 Å². The third-order valence-electron chi connectivity index (χ3n) is 4.68. The molecule has 164 valence electrons. The minimum atomic E-state index is -4.52. The summed E-state index contributed by atoms with van der Waals surface area (Å²) in [5, 5.41) is 12.6. The Labute approximate surface area is 174 Å². The number of hydrogen-bond donors (Lipinski definition) is 2. The third kappa shape index (κ3) is 5.49. The number of nitrogens with zero attached hydrogens (tertiary/aromatic N) is 4. The molecule has 1 amide bonds. The molecule has 0 saturated carbocycles. The number of fused-ring (bicyclic) bond motifs is 1. The van der Waals surface area contributed by atoms with E-state index in [1.54, 1.807) is 0 Å². The van der Waals surface area contributed by atoms with Gasteiger partial charge in [-0.25, -0.2) is 4.98 Å². The van der Waals surface area contributed by atoms with Crippen molar-refractivity contribution in [2.75, 3.05) is 42.9 Å². The number of aliphatic carboxylic acids is 1. The van der Waals surface area contributed by atoms with Crippen LogP contribution in [0.2, 0.25) is 0 Å². The molecule has 0 unspecified atom stereocenters. The fourth-order valence-electron chi connectivity index (χ4n) is 3.18. The Kier molecular flexibility index (Phi) is 6.64. The molecule has 12 heteroatoms. The number of carboxylic acid groups (broad SMARTS) is 1. The monoisotopic (exact) mass is 445 g/mol. The summed E-state index contributed by atoms with van der Waals surface area (Å²) in [6.07, 6.45) is -5.23. The number of alkyl halides is 3. The van der Waals surface area contributed by atoms with Gasteiger partial charge >= 0.3 is 12.1 Å². The van der Waals surface area contributed by atoms with Gasteiger partial charge in [0.25, 0.3) is 0 Å². The first-order valence-electron chi connectivity index (χ1n) is 9.52. The zero-order valence-electron chi connectivity index (χ0n) is 16.3. The van der Waals surface area contributed by atoms with E-state index in [0.29, 0.717) is 24.9 Å². The summed E-state index contributed by atoms with van der Waals surface area (Å²) in [5.74, 6) is -0.918. The number of aromatic nitrogens is 2. The fraction of sp³-hybridized carbons (Fsp3) is 0.556. The fourth-order valence-corrected chi connectivity index (χ4v) is 4.14. The molecule has 0 atom stereocenters. The van der Waals surface area contributed by atoms with Crippen LogP contribution in [0.15, 0.2) is 6.07 Å². The van der Waals surface area contributed by atoms with E-state index >= 15 is 0 Å². The first-order chi connectivity index (χ1) is 14.2. The number of carbonyl (C=O) groups is 2. The van der Waals surface area contributed by atoms with Gasteiger partial charge in [0.05, 0.1) is 11.8 Å². The Morgan fingerprint density at radius 3 is 2.53 bits per heavy atom. The Balaban J connectivity index is 1.78. The molecular weight excluding hydrogens is 423 g/mol. The highest BCUT2D eigenvalue weighted by Gasteiger charge is 2.34. The molecule has 0 spiro atoms. The van der Waals surface area contributed by atoms with Crippen LogP contribution in [-0.4, -0.2) is 70.8 Å². The maximum atomic E-state index is 12.5. The SMILES string of the molecule is CCc1cc2c(N3CCN(C(=O)CC(F)(F)F)CC3)nc(NCCC(=O)O)nc2s1. The topological polar surface area (TPSA) is 98.7 Å². The molecule has 1 saturated heterocycles. The average Bonchev–Trinajstić information content (AvgIpc) is 3.09. The van der Waals surface area contributed by atoms with Crippen LogP contribution < -0.4 is 10.2 Å². The van der Waals surface area contributed by atoms with E-state index in [-0.39, 0.29) is 26.1 Å². The van der Waals surface area contributed by atoms with Crippen molar-refractivity contribution in [2.24, 2.45) is 0 Å². The number of carbonyl (C=O) groups excluding carboxylic acids is 1. The molecule has 1 aliphatic heterocycles. The second kappa shape index (κ2) is 9.02. The molecule has 0 aromatic carbocycles. The molecule has 0 bridgehead atoms. The minimum absolute atomic E-state index is 0.0820. The lowest BCUT2D eigenvalue weighted by molar-refractivity contribution is -0.161. The van der Waals surface area contributed by atoms with Gasteiger partial charge in [-0.15, -0.1) is 11.3 Å². The van der Waals surface area contributed by atoms with Gasteiger partial charge in [-0.05, 0) is 12.5 Å². The van der Waals surface area contributed by atoms with Crippen LogP contribution in [0.3, 0.4) is 0 Å². The number of thiophene rings is 1. The molecule has 1 fully saturated rings. The zero-order valence-corrected chi connectivity index (χ0v) is 17.1. The van der Waals surface area contributed by atoms with Gasteiger partial charge in [0.1, 0.15) is 17.1 Å². The van der Waals surface area contributed by atoms with Crippen LogP contribution in [0, 0.1) is 0 Å². The smallest absolute Gasteiger partial charge is 0.397 e. The number of piperazine rings is 1. The van der Waals surface area contributed by atoms with Crippen LogP contribution in [0.4, 0.5) is 24.9 Å². The standard InChI is InChI=1S/C18H22F3N5O3S/c1-2-11-9-12-15(23-17(24-16(12)30-11)22-4-3-14(28)29)26-7-5-25(6-8-26)13(27)10-18(19,20)21/h9H,2-8,10H2,1H3,(H,28,29)(H,22,23,24). The Morgan fingerprint density at radius 1 is 1.23 bits per heavy atom. The predicted molar refractivity (Wildman–Crippen MR) is 107 cm³/mol. The first kappa shape index (κ1) is 22.1. The lowest BCUT2D eigenvalue weighted by atomic mass is 10.2. The quantitative estimate of drug-likeness (QED) is 0.676. The summed E-state index contributed by atoms with van der Waals surface area (Å²) >= 11 is 1.52. The predicted octanol–water partition coefficient (Wildman–Crippen LogP) is 2.74. The summed E-state index contributed by atoms with van der Waals surface area (Å²) in [5.41, 5.74) is 0. The summed E-state index contributed by atoms with van der Waals surface area (Å²) in [6, 6.07) is 2.00. The van der Waals surface area contributed by atoms with Crippen LogP contribution in [0.1, 0.15) is 24.6 Å². The number of carboxylic acids is 1. The van der Waals surface area contributed by atoms with Gasteiger partial charge in [-0.3, -0.25) is 9.59 Å². The maximum absolute atomic E-state index is 12.5. The summed E-state index contributed by atoms with van der Waals surface area (Å²) in [7, 11) is 0. The largest absolute Gasteiger partial charge is 0.481 e. The molecule has 3 rings (SSSR count). The van der Waals surface area contributed by atoms with Crippen molar-refractivity contribution in [3.8, 4) is 0 Å². The van der Waals surface area contributed by atoms with Gasteiger partial charge in [-0.2, -0.15) is 18.2 Å². The summed E-state index contributed by atoms with van der Waals surface area (Å²) in [6.45, 7) is 3.24. The molecule has 2 aromatic rings. The highest BCUT2D eigenvalue weighted by molar-refractivity contribution is 7.18. The van der Waals surface area contributed by atoms with Gasteiger partial charge in [0.15, 0.2) is 0 Å². The van der Waals surface area contributed by atoms with Crippen LogP contribution in [0.5, 0.6) is 0 Å². The van der Waals surface area contributed by atoms with E-state index < -0.39 is 24.5 Å². The maximum Gasteiger partial charge on any atom is 0.397 e. The molecule has 8 nitrogen and oxygen atoms in total. The number of aryl methyl sites for hydroxylation is 1. The molecule has 0 radical (unpaired) electrons. The number of amides is 1. The Morgan fingerprint density at radius 2 is 1.93 bits per heavy atom. The van der Waals surface area contributed by atoms with Gasteiger partial charge < -0.3 is 20.2 Å². The molecule has 3 heterocycles.